The molecule has 1 heterocycles. The molecular formula is C12H14ClN3. The van der Waals surface area contributed by atoms with E-state index in [-0.39, 0.29) is 0 Å². The van der Waals surface area contributed by atoms with E-state index in [1.807, 2.05) is 42.1 Å². The molecule has 0 saturated heterocycles. The first kappa shape index (κ1) is 11.2. The Labute approximate surface area is 99.8 Å². The Morgan fingerprint density at radius 2 is 2.06 bits per heavy atom. The topological polar surface area (TPSA) is 43.8 Å². The third-order valence-corrected chi connectivity index (χ3v) is 2.80. The van der Waals surface area contributed by atoms with E-state index in [2.05, 4.69) is 5.10 Å². The maximum atomic E-state index is 6.16. The lowest BCUT2D eigenvalue weighted by molar-refractivity contribution is 0.620. The van der Waals surface area contributed by atoms with Gasteiger partial charge in [0.25, 0.3) is 0 Å². The van der Waals surface area contributed by atoms with Crippen molar-refractivity contribution in [2.24, 2.45) is 5.73 Å². The SMILES string of the molecule is Cc1nn(CCN)cc1-c1ccccc1Cl. The van der Waals surface area contributed by atoms with Crippen LogP contribution in [0.25, 0.3) is 11.1 Å². The molecule has 16 heavy (non-hydrogen) atoms. The maximum absolute atomic E-state index is 6.16. The fourth-order valence-electron chi connectivity index (χ4n) is 1.71. The molecule has 0 aliphatic heterocycles. The second kappa shape index (κ2) is 4.68. The molecule has 0 radical (unpaired) electrons. The molecule has 0 amide bonds. The van der Waals surface area contributed by atoms with Crippen molar-refractivity contribution in [3.63, 3.8) is 0 Å². The molecule has 3 nitrogen and oxygen atoms in total. The van der Waals surface area contributed by atoms with Gasteiger partial charge in [-0.05, 0) is 13.0 Å². The van der Waals surface area contributed by atoms with Crippen molar-refractivity contribution in [2.45, 2.75) is 13.5 Å². The van der Waals surface area contributed by atoms with Crippen LogP contribution in [0.2, 0.25) is 5.02 Å². The molecule has 1 aromatic carbocycles. The quantitative estimate of drug-likeness (QED) is 0.888. The van der Waals surface area contributed by atoms with Crippen molar-refractivity contribution >= 4 is 11.6 Å². The Hall–Kier alpha value is -1.32. The van der Waals surface area contributed by atoms with Gasteiger partial charge in [-0.2, -0.15) is 5.10 Å². The van der Waals surface area contributed by atoms with Gasteiger partial charge in [-0.15, -0.1) is 0 Å². The van der Waals surface area contributed by atoms with Crippen LogP contribution in [-0.2, 0) is 6.54 Å². The molecule has 84 valence electrons. The normalized spacial score (nSPS) is 10.7. The summed E-state index contributed by atoms with van der Waals surface area (Å²) in [4.78, 5) is 0. The van der Waals surface area contributed by atoms with Gasteiger partial charge in [0.2, 0.25) is 0 Å². The number of rotatable bonds is 3. The summed E-state index contributed by atoms with van der Waals surface area (Å²) >= 11 is 6.16. The van der Waals surface area contributed by atoms with Crippen LogP contribution in [0.15, 0.2) is 30.5 Å². The van der Waals surface area contributed by atoms with Gasteiger partial charge in [0.05, 0.1) is 12.2 Å². The number of halogens is 1. The first-order valence-electron chi connectivity index (χ1n) is 5.21. The van der Waals surface area contributed by atoms with E-state index in [0.717, 1.165) is 28.4 Å². The molecule has 0 aliphatic carbocycles. The van der Waals surface area contributed by atoms with Gasteiger partial charge in [-0.1, -0.05) is 29.8 Å². The van der Waals surface area contributed by atoms with Crippen LogP contribution < -0.4 is 5.73 Å². The molecule has 4 heteroatoms. The summed E-state index contributed by atoms with van der Waals surface area (Å²) < 4.78 is 1.86. The smallest absolute Gasteiger partial charge is 0.0672 e. The third kappa shape index (κ3) is 2.10. The highest BCUT2D eigenvalue weighted by atomic mass is 35.5. The van der Waals surface area contributed by atoms with Crippen molar-refractivity contribution < 1.29 is 0 Å². The van der Waals surface area contributed by atoms with Crippen LogP contribution in [0.3, 0.4) is 0 Å². The van der Waals surface area contributed by atoms with Crippen molar-refractivity contribution in [1.82, 2.24) is 9.78 Å². The van der Waals surface area contributed by atoms with Crippen molar-refractivity contribution in [2.75, 3.05) is 6.54 Å². The summed E-state index contributed by atoms with van der Waals surface area (Å²) in [6, 6.07) is 7.78. The number of aryl methyl sites for hydroxylation is 1. The van der Waals surface area contributed by atoms with E-state index in [4.69, 9.17) is 17.3 Å². The first-order chi connectivity index (χ1) is 7.72. The highest BCUT2D eigenvalue weighted by molar-refractivity contribution is 6.33. The summed E-state index contributed by atoms with van der Waals surface area (Å²) in [5.41, 5.74) is 8.56. The lowest BCUT2D eigenvalue weighted by Crippen LogP contribution is -2.10. The minimum atomic E-state index is 0.586. The Bertz CT molecular complexity index is 491. The summed E-state index contributed by atoms with van der Waals surface area (Å²) in [5, 5.41) is 5.14. The van der Waals surface area contributed by atoms with Gasteiger partial charge < -0.3 is 5.73 Å². The van der Waals surface area contributed by atoms with Crippen LogP contribution in [0.5, 0.6) is 0 Å². The Balaban J connectivity index is 2.44. The number of benzene rings is 1. The zero-order valence-corrected chi connectivity index (χ0v) is 9.91. The summed E-state index contributed by atoms with van der Waals surface area (Å²) in [7, 11) is 0. The summed E-state index contributed by atoms with van der Waals surface area (Å²) in [6.45, 7) is 3.29. The fourth-order valence-corrected chi connectivity index (χ4v) is 1.95. The molecular weight excluding hydrogens is 222 g/mol. The lowest BCUT2D eigenvalue weighted by Gasteiger charge is -2.01. The van der Waals surface area contributed by atoms with Crippen LogP contribution in [0, 0.1) is 6.92 Å². The standard InChI is InChI=1S/C12H14ClN3/c1-9-11(8-16(15-9)7-6-14)10-4-2-3-5-12(10)13/h2-5,8H,6-7,14H2,1H3. The van der Waals surface area contributed by atoms with Crippen LogP contribution in [0.1, 0.15) is 5.69 Å². The minimum Gasteiger partial charge on any atom is -0.329 e. The van der Waals surface area contributed by atoms with Crippen LogP contribution in [-0.4, -0.2) is 16.3 Å². The van der Waals surface area contributed by atoms with Crippen LogP contribution in [0.4, 0.5) is 0 Å². The summed E-state index contributed by atoms with van der Waals surface area (Å²) in [6.07, 6.45) is 1.99. The van der Waals surface area contributed by atoms with Gasteiger partial charge >= 0.3 is 0 Å². The average Bonchev–Trinajstić information content (AvgIpc) is 2.61. The number of aromatic nitrogens is 2. The highest BCUT2D eigenvalue weighted by Crippen LogP contribution is 2.29. The zero-order chi connectivity index (χ0) is 11.5. The molecule has 0 unspecified atom stereocenters. The van der Waals surface area contributed by atoms with Gasteiger partial charge in [-0.3, -0.25) is 4.68 Å². The van der Waals surface area contributed by atoms with E-state index >= 15 is 0 Å². The summed E-state index contributed by atoms with van der Waals surface area (Å²) in [5.74, 6) is 0. The van der Waals surface area contributed by atoms with E-state index in [1.54, 1.807) is 0 Å². The maximum Gasteiger partial charge on any atom is 0.0672 e. The number of nitrogens with two attached hydrogens (primary N) is 1. The largest absolute Gasteiger partial charge is 0.329 e. The lowest BCUT2D eigenvalue weighted by atomic mass is 10.1. The Kier molecular flexibility index (Phi) is 3.27. The van der Waals surface area contributed by atoms with Crippen molar-refractivity contribution in [3.8, 4) is 11.1 Å². The molecule has 2 rings (SSSR count). The molecule has 0 atom stereocenters. The monoisotopic (exact) mass is 235 g/mol. The van der Waals surface area contributed by atoms with E-state index in [9.17, 15) is 0 Å². The molecule has 0 fully saturated rings. The van der Waals surface area contributed by atoms with Crippen molar-refractivity contribution in [1.29, 1.82) is 0 Å². The first-order valence-corrected chi connectivity index (χ1v) is 5.59. The van der Waals surface area contributed by atoms with Crippen molar-refractivity contribution in [3.05, 3.63) is 41.2 Å². The van der Waals surface area contributed by atoms with E-state index in [1.165, 1.54) is 0 Å². The van der Waals surface area contributed by atoms with Gasteiger partial charge in [-0.25, -0.2) is 0 Å². The Morgan fingerprint density at radius 3 is 2.75 bits per heavy atom. The van der Waals surface area contributed by atoms with Gasteiger partial charge in [0.15, 0.2) is 0 Å². The second-order valence-electron chi connectivity index (χ2n) is 3.66. The molecule has 0 aliphatic rings. The van der Waals surface area contributed by atoms with Crippen LogP contribution >= 0.6 is 11.6 Å². The van der Waals surface area contributed by atoms with E-state index in [0.29, 0.717) is 6.54 Å². The zero-order valence-electron chi connectivity index (χ0n) is 9.15. The molecule has 2 N–H and O–H groups in total. The number of hydrogen-bond donors (Lipinski definition) is 1. The molecule has 0 bridgehead atoms. The molecule has 0 saturated carbocycles. The third-order valence-electron chi connectivity index (χ3n) is 2.47. The van der Waals surface area contributed by atoms with Gasteiger partial charge in [0, 0.05) is 28.9 Å². The predicted octanol–water partition coefficient (Wildman–Crippen LogP) is 2.47. The molecule has 0 spiro atoms. The number of hydrogen-bond acceptors (Lipinski definition) is 2. The average molecular weight is 236 g/mol. The Morgan fingerprint density at radius 1 is 1.31 bits per heavy atom. The van der Waals surface area contributed by atoms with E-state index < -0.39 is 0 Å². The fraction of sp³-hybridized carbons (Fsp3) is 0.250. The molecule has 2 aromatic rings. The minimum absolute atomic E-state index is 0.586. The second-order valence-corrected chi connectivity index (χ2v) is 4.07. The predicted molar refractivity (Wildman–Crippen MR) is 66.5 cm³/mol. The molecule has 1 aromatic heterocycles. The highest BCUT2D eigenvalue weighted by Gasteiger charge is 2.09. The van der Waals surface area contributed by atoms with Gasteiger partial charge in [0.1, 0.15) is 0 Å². The number of nitrogens with zero attached hydrogens (tertiary/aromatic N) is 2.